The van der Waals surface area contributed by atoms with Crippen LogP contribution >= 0.6 is 0 Å². The van der Waals surface area contributed by atoms with Gasteiger partial charge >= 0.3 is 0 Å². The number of pyridine rings is 1. The number of hydrogen-bond donors (Lipinski definition) is 1. The van der Waals surface area contributed by atoms with E-state index in [1.807, 2.05) is 0 Å². The summed E-state index contributed by atoms with van der Waals surface area (Å²) in [6, 6.07) is 1.65. The minimum Gasteiger partial charge on any atom is -0.354 e. The SMILES string of the molecule is CC1(C)CCCN(c2nccc(CN)c2F)CC1. The highest BCUT2D eigenvalue weighted by molar-refractivity contribution is 5.43. The van der Waals surface area contributed by atoms with Crippen LogP contribution in [0.1, 0.15) is 38.7 Å². The average Bonchev–Trinajstić information content (AvgIpc) is 2.51. The predicted molar refractivity (Wildman–Crippen MR) is 71.9 cm³/mol. The molecule has 0 unspecified atom stereocenters. The van der Waals surface area contributed by atoms with Gasteiger partial charge in [-0.3, -0.25) is 0 Å². The molecule has 0 bridgehead atoms. The van der Waals surface area contributed by atoms with Gasteiger partial charge in [0.2, 0.25) is 0 Å². The molecule has 2 rings (SSSR count). The third-order valence-corrected chi connectivity index (χ3v) is 3.81. The molecule has 0 atom stereocenters. The molecule has 2 heterocycles. The quantitative estimate of drug-likeness (QED) is 0.878. The van der Waals surface area contributed by atoms with Crippen LogP contribution < -0.4 is 10.6 Å². The molecule has 2 N–H and O–H groups in total. The molecule has 3 nitrogen and oxygen atoms in total. The van der Waals surface area contributed by atoms with Crippen LogP contribution in [-0.4, -0.2) is 18.1 Å². The van der Waals surface area contributed by atoms with E-state index in [1.54, 1.807) is 12.3 Å². The van der Waals surface area contributed by atoms with E-state index in [2.05, 4.69) is 23.7 Å². The second kappa shape index (κ2) is 5.22. The molecule has 1 aliphatic heterocycles. The van der Waals surface area contributed by atoms with Crippen molar-refractivity contribution in [1.82, 2.24) is 4.98 Å². The lowest BCUT2D eigenvalue weighted by Gasteiger charge is -2.24. The monoisotopic (exact) mass is 251 g/mol. The van der Waals surface area contributed by atoms with E-state index < -0.39 is 0 Å². The summed E-state index contributed by atoms with van der Waals surface area (Å²) in [6.45, 7) is 6.51. The van der Waals surface area contributed by atoms with Gasteiger partial charge in [-0.15, -0.1) is 0 Å². The molecule has 0 amide bonds. The van der Waals surface area contributed by atoms with Gasteiger partial charge in [-0.2, -0.15) is 0 Å². The zero-order chi connectivity index (χ0) is 13.2. The average molecular weight is 251 g/mol. The number of anilines is 1. The first-order valence-electron chi connectivity index (χ1n) is 6.62. The first-order chi connectivity index (χ1) is 8.53. The molecule has 1 fully saturated rings. The Kier molecular flexibility index (Phi) is 3.85. The standard InChI is InChI=1S/C14H22FN3/c1-14(2)5-3-8-18(9-6-14)13-12(15)11(10-16)4-7-17-13/h4,7H,3,5-6,8-10,16H2,1-2H3. The van der Waals surface area contributed by atoms with Crippen molar-refractivity contribution in [1.29, 1.82) is 0 Å². The van der Waals surface area contributed by atoms with Gasteiger partial charge in [0.15, 0.2) is 11.6 Å². The fourth-order valence-electron chi connectivity index (χ4n) is 2.48. The van der Waals surface area contributed by atoms with Gasteiger partial charge in [-0.25, -0.2) is 9.37 Å². The molecular formula is C14H22FN3. The van der Waals surface area contributed by atoms with Gasteiger partial charge in [0.1, 0.15) is 0 Å². The summed E-state index contributed by atoms with van der Waals surface area (Å²) in [7, 11) is 0. The summed E-state index contributed by atoms with van der Waals surface area (Å²) in [5.74, 6) is 0.218. The first kappa shape index (κ1) is 13.3. The van der Waals surface area contributed by atoms with E-state index in [0.717, 1.165) is 25.9 Å². The molecule has 0 spiro atoms. The highest BCUT2D eigenvalue weighted by Gasteiger charge is 2.25. The van der Waals surface area contributed by atoms with E-state index in [0.29, 0.717) is 16.8 Å². The summed E-state index contributed by atoms with van der Waals surface area (Å²) in [5.41, 5.74) is 6.43. The van der Waals surface area contributed by atoms with Crippen LogP contribution in [-0.2, 0) is 6.54 Å². The van der Waals surface area contributed by atoms with Gasteiger partial charge in [0.25, 0.3) is 0 Å². The highest BCUT2D eigenvalue weighted by atomic mass is 19.1. The number of nitrogens with two attached hydrogens (primary N) is 1. The Morgan fingerprint density at radius 3 is 2.89 bits per heavy atom. The van der Waals surface area contributed by atoms with Crippen LogP contribution in [0.25, 0.3) is 0 Å². The summed E-state index contributed by atoms with van der Waals surface area (Å²) in [5, 5.41) is 0. The van der Waals surface area contributed by atoms with Gasteiger partial charge in [-0.1, -0.05) is 13.8 Å². The molecule has 0 saturated carbocycles. The number of aromatic nitrogens is 1. The first-order valence-corrected chi connectivity index (χ1v) is 6.62. The van der Waals surface area contributed by atoms with Gasteiger partial charge < -0.3 is 10.6 Å². The van der Waals surface area contributed by atoms with E-state index in [1.165, 1.54) is 6.42 Å². The number of halogens is 1. The number of nitrogens with zero attached hydrogens (tertiary/aromatic N) is 2. The predicted octanol–water partition coefficient (Wildman–Crippen LogP) is 2.70. The minimum atomic E-state index is -0.250. The van der Waals surface area contributed by atoms with Crippen molar-refractivity contribution in [2.24, 2.45) is 11.1 Å². The van der Waals surface area contributed by atoms with E-state index in [4.69, 9.17) is 5.73 Å². The zero-order valence-corrected chi connectivity index (χ0v) is 11.2. The molecule has 0 radical (unpaired) electrons. The molecule has 1 saturated heterocycles. The Morgan fingerprint density at radius 1 is 1.39 bits per heavy atom. The fourth-order valence-corrected chi connectivity index (χ4v) is 2.48. The molecule has 0 aromatic carbocycles. The summed E-state index contributed by atoms with van der Waals surface area (Å²) >= 11 is 0. The lowest BCUT2D eigenvalue weighted by Crippen LogP contribution is -2.27. The lowest BCUT2D eigenvalue weighted by molar-refractivity contribution is 0.325. The van der Waals surface area contributed by atoms with Crippen molar-refractivity contribution < 1.29 is 4.39 Å². The fraction of sp³-hybridized carbons (Fsp3) is 0.643. The largest absolute Gasteiger partial charge is 0.354 e. The summed E-state index contributed by atoms with van der Waals surface area (Å²) in [6.07, 6.45) is 4.99. The van der Waals surface area contributed by atoms with Crippen LogP contribution in [0, 0.1) is 11.2 Å². The maximum Gasteiger partial charge on any atom is 0.170 e. The van der Waals surface area contributed by atoms with Crippen molar-refractivity contribution >= 4 is 5.82 Å². The Bertz CT molecular complexity index is 418. The van der Waals surface area contributed by atoms with E-state index in [-0.39, 0.29) is 12.4 Å². The number of rotatable bonds is 2. The van der Waals surface area contributed by atoms with Gasteiger partial charge in [0, 0.05) is 31.4 Å². The molecule has 1 aliphatic rings. The lowest BCUT2D eigenvalue weighted by atomic mass is 9.85. The van der Waals surface area contributed by atoms with Crippen molar-refractivity contribution in [3.63, 3.8) is 0 Å². The Morgan fingerprint density at radius 2 is 2.17 bits per heavy atom. The molecule has 0 aliphatic carbocycles. The topological polar surface area (TPSA) is 42.2 Å². The molecule has 100 valence electrons. The van der Waals surface area contributed by atoms with Crippen LogP contribution in [0.5, 0.6) is 0 Å². The maximum absolute atomic E-state index is 14.2. The van der Waals surface area contributed by atoms with E-state index >= 15 is 0 Å². The van der Waals surface area contributed by atoms with Gasteiger partial charge in [0.05, 0.1) is 0 Å². The Labute approximate surface area is 108 Å². The third kappa shape index (κ3) is 2.80. The Hall–Kier alpha value is -1.16. The van der Waals surface area contributed by atoms with Crippen LogP contribution in [0.4, 0.5) is 10.2 Å². The van der Waals surface area contributed by atoms with Crippen molar-refractivity contribution in [2.45, 2.75) is 39.7 Å². The van der Waals surface area contributed by atoms with Gasteiger partial charge in [-0.05, 0) is 30.7 Å². The smallest absolute Gasteiger partial charge is 0.170 e. The zero-order valence-electron chi connectivity index (χ0n) is 11.2. The molecule has 1 aromatic rings. The van der Waals surface area contributed by atoms with Crippen molar-refractivity contribution in [3.05, 3.63) is 23.6 Å². The molecule has 18 heavy (non-hydrogen) atoms. The summed E-state index contributed by atoms with van der Waals surface area (Å²) < 4.78 is 14.2. The van der Waals surface area contributed by atoms with Crippen LogP contribution in [0.15, 0.2) is 12.3 Å². The van der Waals surface area contributed by atoms with Crippen molar-refractivity contribution in [2.75, 3.05) is 18.0 Å². The molecule has 1 aromatic heterocycles. The second-order valence-electron chi connectivity index (χ2n) is 5.82. The van der Waals surface area contributed by atoms with Crippen LogP contribution in [0.2, 0.25) is 0 Å². The molecular weight excluding hydrogens is 229 g/mol. The summed E-state index contributed by atoms with van der Waals surface area (Å²) in [4.78, 5) is 6.25. The second-order valence-corrected chi connectivity index (χ2v) is 5.82. The Balaban J connectivity index is 2.21. The normalized spacial score (nSPS) is 19.7. The number of hydrogen-bond acceptors (Lipinski definition) is 3. The molecule has 4 heteroatoms. The van der Waals surface area contributed by atoms with Crippen LogP contribution in [0.3, 0.4) is 0 Å². The van der Waals surface area contributed by atoms with E-state index in [9.17, 15) is 4.39 Å². The minimum absolute atomic E-state index is 0.223. The third-order valence-electron chi connectivity index (χ3n) is 3.81. The highest BCUT2D eigenvalue weighted by Crippen LogP contribution is 2.32. The maximum atomic E-state index is 14.2. The van der Waals surface area contributed by atoms with Crippen molar-refractivity contribution in [3.8, 4) is 0 Å².